The van der Waals surface area contributed by atoms with Gasteiger partial charge >= 0.3 is 0 Å². The maximum atomic E-state index is 12.6. The summed E-state index contributed by atoms with van der Waals surface area (Å²) in [7, 11) is 0. The summed E-state index contributed by atoms with van der Waals surface area (Å²) in [6, 6.07) is 4.05. The van der Waals surface area contributed by atoms with Crippen molar-refractivity contribution in [2.75, 3.05) is 0 Å². The first-order valence-electron chi connectivity index (χ1n) is 7.76. The lowest BCUT2D eigenvalue weighted by molar-refractivity contribution is -0.136. The first-order chi connectivity index (χ1) is 12.0. The molecule has 2 aromatic rings. The van der Waals surface area contributed by atoms with Gasteiger partial charge in [0.15, 0.2) is 0 Å². The monoisotopic (exact) mass is 339 g/mol. The summed E-state index contributed by atoms with van der Waals surface area (Å²) in [5.41, 5.74) is 1.47. The Kier molecular flexibility index (Phi) is 3.45. The SMILES string of the molecule is O=C1CCC(N2Cc3cc(C(=O)c4ncco4)ccc3C2=O)C(=O)N1. The molecule has 3 amide bonds. The molecule has 0 radical (unpaired) electrons. The van der Waals surface area contributed by atoms with Crippen molar-refractivity contribution in [3.05, 3.63) is 53.2 Å². The highest BCUT2D eigenvalue weighted by molar-refractivity contribution is 6.08. The average molecular weight is 339 g/mol. The number of hydrogen-bond donors (Lipinski definition) is 1. The second-order valence-electron chi connectivity index (χ2n) is 5.94. The zero-order valence-corrected chi connectivity index (χ0v) is 13.0. The van der Waals surface area contributed by atoms with Crippen molar-refractivity contribution < 1.29 is 23.6 Å². The molecule has 2 aliphatic rings. The van der Waals surface area contributed by atoms with E-state index in [4.69, 9.17) is 4.42 Å². The van der Waals surface area contributed by atoms with E-state index >= 15 is 0 Å². The van der Waals surface area contributed by atoms with Gasteiger partial charge in [0, 0.05) is 24.1 Å². The van der Waals surface area contributed by atoms with Gasteiger partial charge < -0.3 is 9.32 Å². The molecular formula is C17H13N3O5. The predicted molar refractivity (Wildman–Crippen MR) is 82.4 cm³/mol. The quantitative estimate of drug-likeness (QED) is 0.650. The van der Waals surface area contributed by atoms with Crippen molar-refractivity contribution in [3.8, 4) is 0 Å². The van der Waals surface area contributed by atoms with Gasteiger partial charge in [0.1, 0.15) is 12.3 Å². The number of hydrogen-bond acceptors (Lipinski definition) is 6. The second kappa shape index (κ2) is 5.66. The van der Waals surface area contributed by atoms with Crippen LogP contribution in [0.25, 0.3) is 0 Å². The predicted octanol–water partition coefficient (Wildman–Crippen LogP) is 0.667. The summed E-state index contributed by atoms with van der Waals surface area (Å²) >= 11 is 0. The molecule has 25 heavy (non-hydrogen) atoms. The molecule has 1 N–H and O–H groups in total. The van der Waals surface area contributed by atoms with Gasteiger partial charge in [-0.2, -0.15) is 0 Å². The van der Waals surface area contributed by atoms with Gasteiger partial charge in [0.05, 0.1) is 6.20 Å². The van der Waals surface area contributed by atoms with E-state index in [0.29, 0.717) is 23.1 Å². The summed E-state index contributed by atoms with van der Waals surface area (Å²) in [6.45, 7) is 0.215. The summed E-state index contributed by atoms with van der Waals surface area (Å²) in [6.07, 6.45) is 3.20. The number of fused-ring (bicyclic) bond motifs is 1. The molecule has 1 saturated heterocycles. The Bertz CT molecular complexity index is 903. The van der Waals surface area contributed by atoms with Crippen LogP contribution in [0.15, 0.2) is 35.1 Å². The molecule has 126 valence electrons. The molecule has 8 nitrogen and oxygen atoms in total. The fourth-order valence-electron chi connectivity index (χ4n) is 3.17. The molecule has 1 fully saturated rings. The maximum absolute atomic E-state index is 12.6. The number of oxazole rings is 1. The van der Waals surface area contributed by atoms with E-state index < -0.39 is 11.9 Å². The molecule has 0 aliphatic carbocycles. The summed E-state index contributed by atoms with van der Waals surface area (Å²) in [5, 5.41) is 2.26. The Labute approximate surface area is 141 Å². The van der Waals surface area contributed by atoms with Crippen molar-refractivity contribution in [2.45, 2.75) is 25.4 Å². The van der Waals surface area contributed by atoms with E-state index in [-0.39, 0.29) is 36.5 Å². The molecule has 1 atom stereocenters. The van der Waals surface area contributed by atoms with Crippen LogP contribution < -0.4 is 5.32 Å². The molecule has 0 bridgehead atoms. The van der Waals surface area contributed by atoms with Crippen LogP contribution >= 0.6 is 0 Å². The van der Waals surface area contributed by atoms with Crippen molar-refractivity contribution in [2.24, 2.45) is 0 Å². The highest BCUT2D eigenvalue weighted by Crippen LogP contribution is 2.28. The first kappa shape index (κ1) is 15.3. The number of carbonyl (C=O) groups excluding carboxylic acids is 4. The fourth-order valence-corrected chi connectivity index (χ4v) is 3.17. The molecule has 1 unspecified atom stereocenters. The van der Waals surface area contributed by atoms with Crippen LogP contribution in [0.2, 0.25) is 0 Å². The second-order valence-corrected chi connectivity index (χ2v) is 5.94. The highest BCUT2D eigenvalue weighted by atomic mass is 16.3. The van der Waals surface area contributed by atoms with E-state index in [1.54, 1.807) is 12.1 Å². The minimum Gasteiger partial charge on any atom is -0.442 e. The molecular weight excluding hydrogens is 326 g/mol. The number of piperidine rings is 1. The zero-order valence-electron chi connectivity index (χ0n) is 13.0. The van der Waals surface area contributed by atoms with E-state index in [0.717, 1.165) is 0 Å². The molecule has 0 saturated carbocycles. The largest absolute Gasteiger partial charge is 0.442 e. The van der Waals surface area contributed by atoms with E-state index in [2.05, 4.69) is 10.3 Å². The van der Waals surface area contributed by atoms with Crippen LogP contribution in [0.1, 0.15) is 45.0 Å². The third kappa shape index (κ3) is 2.51. The normalized spacial score (nSPS) is 19.8. The van der Waals surface area contributed by atoms with E-state index in [1.165, 1.54) is 23.4 Å². The van der Waals surface area contributed by atoms with Crippen molar-refractivity contribution in [1.82, 2.24) is 15.2 Å². The van der Waals surface area contributed by atoms with Crippen LogP contribution in [-0.4, -0.2) is 39.4 Å². The lowest BCUT2D eigenvalue weighted by Crippen LogP contribution is -2.52. The Morgan fingerprint density at radius 1 is 1.28 bits per heavy atom. The number of benzene rings is 1. The fraction of sp³-hybridized carbons (Fsp3) is 0.235. The number of amides is 3. The Hall–Kier alpha value is -3.29. The van der Waals surface area contributed by atoms with Crippen LogP contribution in [0.3, 0.4) is 0 Å². The zero-order chi connectivity index (χ0) is 17.6. The minimum absolute atomic E-state index is 0.0219. The summed E-state index contributed by atoms with van der Waals surface area (Å²) in [5.74, 6) is -1.47. The van der Waals surface area contributed by atoms with Crippen molar-refractivity contribution in [3.63, 3.8) is 0 Å². The third-order valence-electron chi connectivity index (χ3n) is 4.41. The van der Waals surface area contributed by atoms with Gasteiger partial charge in [0.25, 0.3) is 11.8 Å². The Morgan fingerprint density at radius 2 is 2.12 bits per heavy atom. The van der Waals surface area contributed by atoms with Crippen LogP contribution in [0, 0.1) is 0 Å². The molecule has 4 rings (SSSR count). The maximum Gasteiger partial charge on any atom is 0.268 e. The minimum atomic E-state index is -0.677. The average Bonchev–Trinajstić information content (AvgIpc) is 3.23. The molecule has 2 aliphatic heterocycles. The van der Waals surface area contributed by atoms with Crippen LogP contribution in [0.5, 0.6) is 0 Å². The highest BCUT2D eigenvalue weighted by Gasteiger charge is 2.39. The van der Waals surface area contributed by atoms with Gasteiger partial charge in [0.2, 0.25) is 17.6 Å². The van der Waals surface area contributed by atoms with Crippen LogP contribution in [-0.2, 0) is 16.1 Å². The van der Waals surface area contributed by atoms with E-state index in [1.807, 2.05) is 0 Å². The van der Waals surface area contributed by atoms with Crippen molar-refractivity contribution in [1.29, 1.82) is 0 Å². The van der Waals surface area contributed by atoms with E-state index in [9.17, 15) is 19.2 Å². The molecule has 8 heteroatoms. The first-order valence-corrected chi connectivity index (χ1v) is 7.76. The van der Waals surface area contributed by atoms with Gasteiger partial charge in [-0.25, -0.2) is 4.98 Å². The van der Waals surface area contributed by atoms with Crippen molar-refractivity contribution >= 4 is 23.5 Å². The summed E-state index contributed by atoms with van der Waals surface area (Å²) < 4.78 is 5.01. The van der Waals surface area contributed by atoms with Gasteiger partial charge in [-0.1, -0.05) is 6.07 Å². The number of nitrogens with one attached hydrogen (secondary N) is 1. The number of nitrogens with zero attached hydrogens (tertiary/aromatic N) is 2. The smallest absolute Gasteiger partial charge is 0.268 e. The molecule has 0 spiro atoms. The summed E-state index contributed by atoms with van der Waals surface area (Å²) in [4.78, 5) is 53.4. The number of rotatable bonds is 3. The standard InChI is InChI=1S/C17H13N3O5/c21-13-4-3-12(15(23)19-13)20-8-10-7-9(1-2-11(10)17(20)24)14(22)16-18-5-6-25-16/h1-2,5-7,12H,3-4,8H2,(H,19,21,23). The van der Waals surface area contributed by atoms with Crippen LogP contribution in [0.4, 0.5) is 0 Å². The number of aromatic nitrogens is 1. The number of imide groups is 1. The molecule has 3 heterocycles. The Morgan fingerprint density at radius 3 is 2.84 bits per heavy atom. The number of ketones is 1. The Balaban J connectivity index is 1.60. The third-order valence-corrected chi connectivity index (χ3v) is 4.41. The van der Waals surface area contributed by atoms with Gasteiger partial charge in [-0.3, -0.25) is 24.5 Å². The number of carbonyl (C=O) groups is 4. The topological polar surface area (TPSA) is 110 Å². The lowest BCUT2D eigenvalue weighted by atomic mass is 10.0. The lowest BCUT2D eigenvalue weighted by Gasteiger charge is -2.29. The molecule has 1 aromatic carbocycles. The van der Waals surface area contributed by atoms with Gasteiger partial charge in [-0.15, -0.1) is 0 Å². The van der Waals surface area contributed by atoms with Gasteiger partial charge in [-0.05, 0) is 24.1 Å². The molecule has 1 aromatic heterocycles.